The lowest BCUT2D eigenvalue weighted by atomic mass is 10.0. The van der Waals surface area contributed by atoms with E-state index in [2.05, 4.69) is 9.72 Å². The number of hydrogen-bond acceptors (Lipinski definition) is 3. The normalized spacial score (nSPS) is 10.4. The monoisotopic (exact) mass is 333 g/mol. The third-order valence-electron chi connectivity index (χ3n) is 2.53. The molecule has 0 saturated heterocycles. The molecule has 1 aromatic heterocycles. The first kappa shape index (κ1) is 15.0. The molecule has 104 valence electrons. The van der Waals surface area contributed by atoms with Gasteiger partial charge in [-0.2, -0.15) is 0 Å². The SMILES string of the molecule is COC(=O)c1ncc(F)cc1-c1cc(Cl)c(Cl)cc1Cl. The smallest absolute Gasteiger partial charge is 0.357 e. The molecular weight excluding hydrogens is 328 g/mol. The predicted molar refractivity (Wildman–Crippen MR) is 76.0 cm³/mol. The van der Waals surface area contributed by atoms with Crippen molar-refractivity contribution in [1.29, 1.82) is 0 Å². The van der Waals surface area contributed by atoms with E-state index in [0.29, 0.717) is 5.56 Å². The molecule has 0 spiro atoms. The van der Waals surface area contributed by atoms with Crippen LogP contribution in [0.5, 0.6) is 0 Å². The van der Waals surface area contributed by atoms with Crippen molar-refractivity contribution in [2.45, 2.75) is 0 Å². The van der Waals surface area contributed by atoms with Gasteiger partial charge < -0.3 is 4.74 Å². The van der Waals surface area contributed by atoms with Crippen molar-refractivity contribution in [3.8, 4) is 11.1 Å². The maximum absolute atomic E-state index is 13.4. The summed E-state index contributed by atoms with van der Waals surface area (Å²) in [5.41, 5.74) is 0.461. The third-order valence-corrected chi connectivity index (χ3v) is 3.57. The van der Waals surface area contributed by atoms with Gasteiger partial charge >= 0.3 is 5.97 Å². The molecule has 0 bridgehead atoms. The average Bonchev–Trinajstić information content (AvgIpc) is 2.42. The molecule has 0 aliphatic carbocycles. The molecule has 0 atom stereocenters. The van der Waals surface area contributed by atoms with Crippen molar-refractivity contribution in [1.82, 2.24) is 4.98 Å². The van der Waals surface area contributed by atoms with Gasteiger partial charge in [0.25, 0.3) is 0 Å². The predicted octanol–water partition coefficient (Wildman–Crippen LogP) is 4.63. The minimum absolute atomic E-state index is 0.0609. The Labute approximate surface area is 129 Å². The van der Waals surface area contributed by atoms with Crippen LogP contribution in [0.3, 0.4) is 0 Å². The van der Waals surface area contributed by atoms with E-state index in [1.165, 1.54) is 19.2 Å². The Morgan fingerprint density at radius 3 is 2.40 bits per heavy atom. The summed E-state index contributed by atoms with van der Waals surface area (Å²) < 4.78 is 18.0. The van der Waals surface area contributed by atoms with Crippen LogP contribution in [0.2, 0.25) is 15.1 Å². The summed E-state index contributed by atoms with van der Waals surface area (Å²) in [6, 6.07) is 3.98. The van der Waals surface area contributed by atoms with Gasteiger partial charge in [-0.3, -0.25) is 0 Å². The number of rotatable bonds is 2. The quantitative estimate of drug-likeness (QED) is 0.593. The van der Waals surface area contributed by atoms with E-state index < -0.39 is 11.8 Å². The number of benzene rings is 1. The molecule has 0 aliphatic rings. The average molecular weight is 335 g/mol. The number of aromatic nitrogens is 1. The molecule has 2 aromatic rings. The van der Waals surface area contributed by atoms with E-state index in [-0.39, 0.29) is 26.3 Å². The van der Waals surface area contributed by atoms with Gasteiger partial charge in [0.05, 0.1) is 28.4 Å². The van der Waals surface area contributed by atoms with Crippen LogP contribution in [0.4, 0.5) is 4.39 Å². The minimum atomic E-state index is -0.706. The second kappa shape index (κ2) is 5.95. The standard InChI is InChI=1S/C13H7Cl3FNO2/c1-20-13(19)12-8(2-6(17)5-18-12)7-3-10(15)11(16)4-9(7)14/h2-5H,1H3. The second-order valence-corrected chi connectivity index (χ2v) is 5.01. The van der Waals surface area contributed by atoms with Gasteiger partial charge in [-0.15, -0.1) is 0 Å². The van der Waals surface area contributed by atoms with E-state index in [0.717, 1.165) is 12.3 Å². The van der Waals surface area contributed by atoms with Crippen LogP contribution in [0.15, 0.2) is 24.4 Å². The van der Waals surface area contributed by atoms with Crippen LogP contribution in [0.25, 0.3) is 11.1 Å². The molecule has 1 heterocycles. The number of ether oxygens (including phenoxy) is 1. The third kappa shape index (κ3) is 2.87. The Morgan fingerprint density at radius 1 is 1.10 bits per heavy atom. The first-order valence-electron chi connectivity index (χ1n) is 5.32. The first-order chi connectivity index (χ1) is 9.43. The highest BCUT2D eigenvalue weighted by Crippen LogP contribution is 2.36. The van der Waals surface area contributed by atoms with Crippen LogP contribution in [0.1, 0.15) is 10.5 Å². The topological polar surface area (TPSA) is 39.2 Å². The summed E-state index contributed by atoms with van der Waals surface area (Å²) in [6.45, 7) is 0. The highest BCUT2D eigenvalue weighted by Gasteiger charge is 2.19. The molecule has 0 radical (unpaired) electrons. The molecule has 1 aromatic carbocycles. The van der Waals surface area contributed by atoms with Crippen molar-refractivity contribution >= 4 is 40.8 Å². The van der Waals surface area contributed by atoms with E-state index in [9.17, 15) is 9.18 Å². The van der Waals surface area contributed by atoms with E-state index in [4.69, 9.17) is 34.8 Å². The number of pyridine rings is 1. The fourth-order valence-electron chi connectivity index (χ4n) is 1.63. The number of carbonyl (C=O) groups is 1. The van der Waals surface area contributed by atoms with Gasteiger partial charge in [0.2, 0.25) is 0 Å². The Morgan fingerprint density at radius 2 is 1.75 bits per heavy atom. The van der Waals surface area contributed by atoms with Gasteiger partial charge in [0.1, 0.15) is 5.82 Å². The van der Waals surface area contributed by atoms with Gasteiger partial charge in [-0.25, -0.2) is 14.2 Å². The molecule has 0 aliphatic heterocycles. The highest BCUT2D eigenvalue weighted by molar-refractivity contribution is 6.44. The summed E-state index contributed by atoms with van der Waals surface area (Å²) in [7, 11) is 1.20. The number of methoxy groups -OCH3 is 1. The van der Waals surface area contributed by atoms with Crippen molar-refractivity contribution in [2.24, 2.45) is 0 Å². The van der Waals surface area contributed by atoms with Gasteiger partial charge in [-0.1, -0.05) is 34.8 Å². The van der Waals surface area contributed by atoms with E-state index in [1.807, 2.05) is 0 Å². The van der Waals surface area contributed by atoms with Crippen molar-refractivity contribution in [2.75, 3.05) is 7.11 Å². The molecule has 0 amide bonds. The van der Waals surface area contributed by atoms with Crippen molar-refractivity contribution < 1.29 is 13.9 Å². The van der Waals surface area contributed by atoms with Crippen LogP contribution < -0.4 is 0 Å². The molecule has 0 N–H and O–H groups in total. The van der Waals surface area contributed by atoms with Crippen LogP contribution in [0, 0.1) is 5.82 Å². The Balaban J connectivity index is 2.71. The Kier molecular flexibility index (Phi) is 4.48. The molecule has 2 rings (SSSR count). The minimum Gasteiger partial charge on any atom is -0.464 e. The fraction of sp³-hybridized carbons (Fsp3) is 0.0769. The van der Waals surface area contributed by atoms with Crippen LogP contribution >= 0.6 is 34.8 Å². The van der Waals surface area contributed by atoms with Crippen molar-refractivity contribution in [3.05, 3.63) is 51.0 Å². The highest BCUT2D eigenvalue weighted by atomic mass is 35.5. The zero-order valence-corrected chi connectivity index (χ0v) is 12.4. The lowest BCUT2D eigenvalue weighted by Gasteiger charge is -2.10. The van der Waals surface area contributed by atoms with Crippen LogP contribution in [-0.4, -0.2) is 18.1 Å². The summed E-state index contributed by atoms with van der Waals surface area (Å²) in [4.78, 5) is 15.4. The zero-order chi connectivity index (χ0) is 14.9. The molecule has 7 heteroatoms. The van der Waals surface area contributed by atoms with Crippen LogP contribution in [-0.2, 0) is 4.74 Å². The Bertz CT molecular complexity index is 692. The lowest BCUT2D eigenvalue weighted by molar-refractivity contribution is 0.0595. The maximum atomic E-state index is 13.4. The van der Waals surface area contributed by atoms with E-state index in [1.54, 1.807) is 0 Å². The molecule has 20 heavy (non-hydrogen) atoms. The van der Waals surface area contributed by atoms with Gasteiger partial charge in [-0.05, 0) is 18.2 Å². The molecule has 0 saturated carbocycles. The summed E-state index contributed by atoms with van der Waals surface area (Å²) in [6.07, 6.45) is 0.918. The second-order valence-electron chi connectivity index (χ2n) is 3.79. The largest absolute Gasteiger partial charge is 0.464 e. The summed E-state index contributed by atoms with van der Waals surface area (Å²) in [5.74, 6) is -1.32. The van der Waals surface area contributed by atoms with Gasteiger partial charge in [0, 0.05) is 11.1 Å². The number of nitrogens with zero attached hydrogens (tertiary/aromatic N) is 1. The first-order valence-corrected chi connectivity index (χ1v) is 6.46. The van der Waals surface area contributed by atoms with Crippen molar-refractivity contribution in [3.63, 3.8) is 0 Å². The number of hydrogen-bond donors (Lipinski definition) is 0. The Hall–Kier alpha value is -1.36. The molecular formula is C13H7Cl3FNO2. The van der Waals surface area contributed by atoms with Gasteiger partial charge in [0.15, 0.2) is 5.69 Å². The summed E-state index contributed by atoms with van der Waals surface area (Å²) >= 11 is 17.8. The number of carbonyl (C=O) groups excluding carboxylic acids is 1. The summed E-state index contributed by atoms with van der Waals surface area (Å²) in [5, 5.41) is 0.701. The molecule has 0 unspecified atom stereocenters. The maximum Gasteiger partial charge on any atom is 0.357 e. The fourth-order valence-corrected chi connectivity index (χ4v) is 2.28. The van der Waals surface area contributed by atoms with E-state index >= 15 is 0 Å². The number of halogens is 4. The number of esters is 1. The lowest BCUT2D eigenvalue weighted by Crippen LogP contribution is -2.07. The molecule has 0 fully saturated rings. The molecule has 3 nitrogen and oxygen atoms in total. The zero-order valence-electron chi connectivity index (χ0n) is 10.1.